The summed E-state index contributed by atoms with van der Waals surface area (Å²) >= 11 is 7.99. The maximum Gasteiger partial charge on any atom is 0.272 e. The summed E-state index contributed by atoms with van der Waals surface area (Å²) in [5, 5.41) is 31.8. The number of rotatable bonds is 9. The number of benzene rings is 2. The number of aliphatic imine (C=N–C) groups is 1. The smallest absolute Gasteiger partial charge is 0.272 e. The first kappa shape index (κ1) is 40.7. The van der Waals surface area contributed by atoms with E-state index in [1.165, 1.54) is 32.3 Å². The molecule has 5 aromatic rings. The third kappa shape index (κ3) is 7.95. The number of nitrogens with zero attached hydrogens (tertiary/aromatic N) is 10. The van der Waals surface area contributed by atoms with Gasteiger partial charge in [-0.1, -0.05) is 23.7 Å². The third-order valence-electron chi connectivity index (χ3n) is 13.7. The summed E-state index contributed by atoms with van der Waals surface area (Å²) in [7, 11) is 0. The van der Waals surface area contributed by atoms with Crippen molar-refractivity contribution in [2.75, 3.05) is 55.6 Å². The summed E-state index contributed by atoms with van der Waals surface area (Å²) in [5.41, 5.74) is 6.55. The van der Waals surface area contributed by atoms with Gasteiger partial charge in [-0.25, -0.2) is 0 Å². The number of piperazine rings is 1. The molecule has 4 fully saturated rings. The zero-order valence-electron chi connectivity index (χ0n) is 35.6. The summed E-state index contributed by atoms with van der Waals surface area (Å²) in [5.74, 6) is 3.87. The van der Waals surface area contributed by atoms with Gasteiger partial charge < -0.3 is 19.9 Å². The maximum atomic E-state index is 13.1. The molecule has 5 aliphatic rings. The summed E-state index contributed by atoms with van der Waals surface area (Å²) in [4.78, 5) is 27.3. The van der Waals surface area contributed by atoms with Crippen LogP contribution >= 0.6 is 22.9 Å². The normalized spacial score (nSPS) is 21.1. The molecule has 0 unspecified atom stereocenters. The molecule has 0 bridgehead atoms. The standard InChI is InChI=1S/C47H52ClN11O2S/c1-29-30(2)62-45-42(29)43(51-47(18-19-47)46-55-52-31(3)59(45)46)33-4-9-36(10-5-33)57-24-22-56(23-25-57)28-32-16-20-58(21-17-32)41-15-14-40(53-54-41)44(60)50-35-7-12-37(13-8-35)61-38-11-6-34(27-49)39(48)26-38/h4-6,9-11,14-15,26,32,35,37H,7-8,12-13,16-25,28H2,1-3H3,(H,50,60). The van der Waals surface area contributed by atoms with Crippen LogP contribution in [0.25, 0.3) is 5.00 Å². The van der Waals surface area contributed by atoms with Crippen LogP contribution in [0.4, 0.5) is 11.5 Å². The molecule has 2 aromatic carbocycles. The van der Waals surface area contributed by atoms with Gasteiger partial charge in [-0.3, -0.25) is 19.3 Å². The molecule has 320 valence electrons. The number of thiophene rings is 1. The van der Waals surface area contributed by atoms with Gasteiger partial charge in [0.1, 0.15) is 28.2 Å². The predicted molar refractivity (Wildman–Crippen MR) is 242 cm³/mol. The van der Waals surface area contributed by atoms with E-state index in [0.717, 1.165) is 120 Å². The minimum absolute atomic E-state index is 0.0417. The molecule has 13 nitrogen and oxygen atoms in total. The number of nitrogens with one attached hydrogen (secondary N) is 1. The Kier molecular flexibility index (Phi) is 11.0. The number of nitriles is 1. The van der Waals surface area contributed by atoms with E-state index >= 15 is 0 Å². The maximum absolute atomic E-state index is 13.1. The number of aromatic nitrogens is 5. The zero-order chi connectivity index (χ0) is 42.5. The van der Waals surface area contributed by atoms with Gasteiger partial charge in [0.05, 0.1) is 22.4 Å². The molecule has 6 heterocycles. The van der Waals surface area contributed by atoms with Crippen molar-refractivity contribution in [3.8, 4) is 16.8 Å². The molecule has 10 rings (SSSR count). The largest absolute Gasteiger partial charge is 0.490 e. The van der Waals surface area contributed by atoms with E-state index in [1.807, 2.05) is 17.4 Å². The molecule has 2 aliphatic carbocycles. The van der Waals surface area contributed by atoms with Gasteiger partial charge in [-0.05, 0) is 120 Å². The van der Waals surface area contributed by atoms with Crippen molar-refractivity contribution in [1.29, 1.82) is 5.26 Å². The third-order valence-corrected chi connectivity index (χ3v) is 15.2. The van der Waals surface area contributed by atoms with Crippen molar-refractivity contribution in [1.82, 2.24) is 35.2 Å². The molecule has 0 atom stereocenters. The average molecular weight is 871 g/mol. The van der Waals surface area contributed by atoms with Gasteiger partial charge in [0.2, 0.25) is 0 Å². The fourth-order valence-corrected chi connectivity index (χ4v) is 11.1. The van der Waals surface area contributed by atoms with Crippen molar-refractivity contribution in [3.05, 3.63) is 104 Å². The fraction of sp³-hybridized carbons (Fsp3) is 0.468. The van der Waals surface area contributed by atoms with Gasteiger partial charge >= 0.3 is 0 Å². The van der Waals surface area contributed by atoms with Crippen molar-refractivity contribution in [2.24, 2.45) is 10.9 Å². The van der Waals surface area contributed by atoms with E-state index in [9.17, 15) is 4.79 Å². The van der Waals surface area contributed by atoms with Crippen molar-refractivity contribution < 1.29 is 9.53 Å². The highest BCUT2D eigenvalue weighted by Crippen LogP contribution is 2.53. The van der Waals surface area contributed by atoms with E-state index < -0.39 is 0 Å². The molecule has 2 saturated carbocycles. The molecular weight excluding hydrogens is 818 g/mol. The van der Waals surface area contributed by atoms with Crippen molar-refractivity contribution >= 4 is 46.1 Å². The topological polar surface area (TPSA) is 141 Å². The average Bonchev–Trinajstić information content (AvgIpc) is 3.91. The number of halogens is 1. The Morgan fingerprint density at radius 3 is 2.32 bits per heavy atom. The second kappa shape index (κ2) is 16.7. The lowest BCUT2D eigenvalue weighted by Gasteiger charge is -2.39. The van der Waals surface area contributed by atoms with Crippen LogP contribution in [-0.2, 0) is 5.54 Å². The molecule has 1 N–H and O–H groups in total. The number of amides is 1. The molecular formula is C47H52ClN11O2S. The van der Waals surface area contributed by atoms with Crippen LogP contribution in [0.3, 0.4) is 0 Å². The minimum atomic E-state index is -0.271. The summed E-state index contributed by atoms with van der Waals surface area (Å²) < 4.78 is 8.37. The lowest BCUT2D eigenvalue weighted by atomic mass is 9.93. The number of carbonyl (C=O) groups excluding carboxylic acids is 1. The van der Waals surface area contributed by atoms with Gasteiger partial charge in [-0.15, -0.1) is 31.7 Å². The Labute approximate surface area is 371 Å². The van der Waals surface area contributed by atoms with Gasteiger partial charge in [0.15, 0.2) is 17.3 Å². The highest BCUT2D eigenvalue weighted by molar-refractivity contribution is 7.15. The number of hydrogen-bond acceptors (Lipinski definition) is 12. The molecule has 3 aliphatic heterocycles. The number of ether oxygens (including phenoxy) is 1. The predicted octanol–water partition coefficient (Wildman–Crippen LogP) is 7.57. The monoisotopic (exact) mass is 869 g/mol. The second-order valence-electron chi connectivity index (χ2n) is 17.7. The van der Waals surface area contributed by atoms with Gasteiger partial charge in [0.25, 0.3) is 5.91 Å². The van der Waals surface area contributed by atoms with E-state index in [-0.39, 0.29) is 23.6 Å². The minimum Gasteiger partial charge on any atom is -0.490 e. The van der Waals surface area contributed by atoms with Crippen LogP contribution in [-0.4, -0.2) is 99.4 Å². The first-order valence-corrected chi connectivity index (χ1v) is 23.3. The molecule has 1 spiro atoms. The number of hydrogen-bond donors (Lipinski definition) is 1. The Morgan fingerprint density at radius 1 is 0.887 bits per heavy atom. The number of fused-ring (bicyclic) bond motifs is 4. The Bertz CT molecular complexity index is 2540. The van der Waals surface area contributed by atoms with E-state index in [0.29, 0.717) is 27.9 Å². The van der Waals surface area contributed by atoms with E-state index in [1.54, 1.807) is 24.3 Å². The lowest BCUT2D eigenvalue weighted by Crippen LogP contribution is -2.49. The van der Waals surface area contributed by atoms with Crippen LogP contribution in [0, 0.1) is 38.0 Å². The number of aryl methyl sites for hydroxylation is 2. The number of carbonyl (C=O) groups is 1. The van der Waals surface area contributed by atoms with Crippen LogP contribution in [0.5, 0.6) is 5.75 Å². The van der Waals surface area contributed by atoms with Gasteiger partial charge in [0, 0.05) is 79.6 Å². The molecule has 15 heteroatoms. The van der Waals surface area contributed by atoms with Crippen LogP contribution in [0.15, 0.2) is 59.6 Å². The first-order chi connectivity index (χ1) is 30.1. The molecule has 0 radical (unpaired) electrons. The van der Waals surface area contributed by atoms with E-state index in [4.69, 9.17) is 26.6 Å². The summed E-state index contributed by atoms with van der Waals surface area (Å²) in [6.07, 6.45) is 7.54. The van der Waals surface area contributed by atoms with Crippen molar-refractivity contribution in [2.45, 2.75) is 89.8 Å². The quantitative estimate of drug-likeness (QED) is 0.158. The highest BCUT2D eigenvalue weighted by atomic mass is 35.5. The Morgan fingerprint density at radius 2 is 1.65 bits per heavy atom. The molecule has 2 saturated heterocycles. The Balaban J connectivity index is 0.673. The van der Waals surface area contributed by atoms with Crippen LogP contribution < -0.4 is 19.9 Å². The lowest BCUT2D eigenvalue weighted by molar-refractivity contribution is 0.0888. The van der Waals surface area contributed by atoms with Crippen molar-refractivity contribution in [3.63, 3.8) is 0 Å². The first-order valence-electron chi connectivity index (χ1n) is 22.1. The van der Waals surface area contributed by atoms with Crippen LogP contribution in [0.1, 0.15) is 101 Å². The second-order valence-corrected chi connectivity index (χ2v) is 19.3. The molecule has 1 amide bonds. The SMILES string of the molecule is Cc1sc2c(c1C)C(c1ccc(N3CCN(CC4CCN(c5ccc(C(=O)NC6CCC(Oc7ccc(C#N)c(Cl)c7)CC6)nn5)CC4)CC3)cc1)=NC1(CC1)c1nnc(C)n1-2. The zero-order valence-corrected chi connectivity index (χ0v) is 37.2. The van der Waals surface area contributed by atoms with Gasteiger partial charge in [-0.2, -0.15) is 5.26 Å². The highest BCUT2D eigenvalue weighted by Gasteiger charge is 2.51. The van der Waals surface area contributed by atoms with E-state index in [2.05, 4.69) is 96.1 Å². The Hall–Kier alpha value is -5.36. The molecule has 3 aromatic heterocycles. The fourth-order valence-electron chi connectivity index (χ4n) is 9.71. The number of piperidine rings is 1. The summed E-state index contributed by atoms with van der Waals surface area (Å²) in [6.45, 7) is 13.6. The molecule has 62 heavy (non-hydrogen) atoms. The number of anilines is 2. The van der Waals surface area contributed by atoms with Crippen LogP contribution in [0.2, 0.25) is 5.02 Å². The summed E-state index contributed by atoms with van der Waals surface area (Å²) in [6, 6.07) is 20.1.